The maximum Gasteiger partial charge on any atom is 0.241 e. The summed E-state index contributed by atoms with van der Waals surface area (Å²) in [6, 6.07) is 0. The van der Waals surface area contributed by atoms with Gasteiger partial charge >= 0.3 is 0 Å². The number of nitrogens with one attached hydrogen (secondary N) is 1. The average Bonchev–Trinajstić information content (AvgIpc) is 2.37. The Labute approximate surface area is 94.1 Å². The Hall–Kier alpha value is -1.63. The Morgan fingerprint density at radius 3 is 2.19 bits per heavy atom. The molecule has 1 aliphatic rings. The summed E-state index contributed by atoms with van der Waals surface area (Å²) in [5, 5.41) is 2.67. The fraction of sp³-hybridized carbons (Fsp3) is 0.667. The van der Waals surface area contributed by atoms with Crippen LogP contribution >= 0.6 is 0 Å². The molecule has 1 rings (SSSR count). The van der Waals surface area contributed by atoms with Crippen molar-refractivity contribution in [3.05, 3.63) is 0 Å². The van der Waals surface area contributed by atoms with Crippen LogP contribution < -0.4 is 16.8 Å². The molecule has 7 heteroatoms. The molecule has 7 nitrogen and oxygen atoms in total. The monoisotopic (exact) mass is 230 g/mol. The molecule has 1 saturated heterocycles. The van der Waals surface area contributed by atoms with Crippen molar-refractivity contribution in [2.45, 2.75) is 26.4 Å². The predicted molar refractivity (Wildman–Crippen MR) is 57.9 cm³/mol. The molecule has 5 N–H and O–H groups in total. The number of amides is 3. The zero-order valence-electron chi connectivity index (χ0n) is 9.74. The first-order valence-corrected chi connectivity index (χ1v) is 4.78. The number of carbonyl (C=O) groups excluding carboxylic acids is 3. The molecule has 3 amide bonds. The van der Waals surface area contributed by atoms with E-state index in [1.165, 1.54) is 11.8 Å². The molecule has 0 saturated carbocycles. The van der Waals surface area contributed by atoms with E-state index in [0.29, 0.717) is 0 Å². The van der Waals surface area contributed by atoms with Gasteiger partial charge in [0.2, 0.25) is 17.7 Å². The van der Waals surface area contributed by atoms with Gasteiger partial charge in [-0.15, -0.1) is 0 Å². The van der Waals surface area contributed by atoms with E-state index in [9.17, 15) is 14.4 Å². The minimum atomic E-state index is -0.590. The van der Waals surface area contributed by atoms with Gasteiger partial charge in [0.1, 0.15) is 12.2 Å². The van der Waals surface area contributed by atoms with Gasteiger partial charge in [-0.25, -0.2) is 0 Å². The van der Waals surface area contributed by atoms with Crippen molar-refractivity contribution in [3.8, 4) is 0 Å². The highest BCUT2D eigenvalue weighted by molar-refractivity contribution is 5.89. The molecule has 0 aromatic rings. The second-order valence-corrected chi connectivity index (χ2v) is 3.90. The molecule has 16 heavy (non-hydrogen) atoms. The van der Waals surface area contributed by atoms with Crippen molar-refractivity contribution in [2.24, 2.45) is 11.5 Å². The van der Waals surface area contributed by atoms with Crippen molar-refractivity contribution in [2.75, 3.05) is 13.1 Å². The van der Waals surface area contributed by atoms with Crippen LogP contribution in [0.5, 0.6) is 0 Å². The highest BCUT2D eigenvalue weighted by Crippen LogP contribution is 2.15. The minimum Gasteiger partial charge on any atom is -0.370 e. The molecule has 0 aromatic heterocycles. The molecule has 0 aromatic carbocycles. The molecule has 1 fully saturated rings. The number of hydrogen-bond donors (Lipinski definition) is 3. The average molecular weight is 230 g/mol. The zero-order valence-corrected chi connectivity index (χ0v) is 9.74. The molecule has 92 valence electrons. The van der Waals surface area contributed by atoms with Crippen molar-refractivity contribution >= 4 is 17.7 Å². The Kier molecular flexibility index (Phi) is 4.90. The Bertz CT molecular complexity index is 297. The summed E-state index contributed by atoms with van der Waals surface area (Å²) in [5.74, 6) is -0.680. The quantitative estimate of drug-likeness (QED) is 0.489. The van der Waals surface area contributed by atoms with Gasteiger partial charge in [-0.2, -0.15) is 0 Å². The lowest BCUT2D eigenvalue weighted by molar-refractivity contribution is -0.133. The maximum absolute atomic E-state index is 11.2. The third kappa shape index (κ3) is 4.26. The lowest BCUT2D eigenvalue weighted by atomic mass is 10.2. The van der Waals surface area contributed by atoms with E-state index in [1.54, 1.807) is 13.8 Å². The summed E-state index contributed by atoms with van der Waals surface area (Å²) >= 11 is 0. The van der Waals surface area contributed by atoms with E-state index in [0.717, 1.165) is 0 Å². The number of primary amides is 1. The van der Waals surface area contributed by atoms with E-state index in [4.69, 9.17) is 5.73 Å². The van der Waals surface area contributed by atoms with E-state index in [2.05, 4.69) is 11.1 Å². The summed E-state index contributed by atoms with van der Waals surface area (Å²) in [6.07, 6.45) is 0. The van der Waals surface area contributed by atoms with Crippen molar-refractivity contribution in [1.82, 2.24) is 10.2 Å². The molecular weight excluding hydrogens is 212 g/mol. The summed E-state index contributed by atoms with van der Waals surface area (Å²) < 4.78 is 0. The third-order valence-corrected chi connectivity index (χ3v) is 1.90. The fourth-order valence-electron chi connectivity index (χ4n) is 1.30. The van der Waals surface area contributed by atoms with Gasteiger partial charge in [0.25, 0.3) is 0 Å². The molecule has 1 heterocycles. The SMILES string of the molecule is CC(N)=O.CC1(C)NC(=O)CN1C(=O)CN. The van der Waals surface area contributed by atoms with Gasteiger partial charge in [-0.3, -0.25) is 14.4 Å². The highest BCUT2D eigenvalue weighted by Gasteiger charge is 2.38. The number of nitrogens with two attached hydrogens (primary N) is 2. The molecule has 0 radical (unpaired) electrons. The van der Waals surface area contributed by atoms with Crippen LogP contribution in [0.2, 0.25) is 0 Å². The number of nitrogens with zero attached hydrogens (tertiary/aromatic N) is 1. The predicted octanol–water partition coefficient (Wildman–Crippen LogP) is -1.87. The molecule has 0 aliphatic carbocycles. The molecule has 0 atom stereocenters. The Balaban J connectivity index is 0.000000487. The van der Waals surface area contributed by atoms with Crippen LogP contribution in [0.25, 0.3) is 0 Å². The van der Waals surface area contributed by atoms with Crippen LogP contribution in [0.4, 0.5) is 0 Å². The number of hydrogen-bond acceptors (Lipinski definition) is 4. The lowest BCUT2D eigenvalue weighted by Crippen LogP contribution is -2.50. The van der Waals surface area contributed by atoms with E-state index in [1.807, 2.05) is 0 Å². The zero-order chi connectivity index (χ0) is 12.9. The molecule has 0 bridgehead atoms. The van der Waals surface area contributed by atoms with Crippen LogP contribution in [0.15, 0.2) is 0 Å². The topological polar surface area (TPSA) is 119 Å². The van der Waals surface area contributed by atoms with E-state index in [-0.39, 0.29) is 30.8 Å². The van der Waals surface area contributed by atoms with E-state index >= 15 is 0 Å². The number of rotatable bonds is 1. The van der Waals surface area contributed by atoms with Crippen LogP contribution in [-0.4, -0.2) is 41.4 Å². The second kappa shape index (κ2) is 5.45. The number of carbonyl (C=O) groups is 3. The van der Waals surface area contributed by atoms with Crippen LogP contribution in [0.1, 0.15) is 20.8 Å². The summed E-state index contributed by atoms with van der Waals surface area (Å²) in [5.41, 5.74) is 9.07. The van der Waals surface area contributed by atoms with Gasteiger partial charge in [-0.05, 0) is 13.8 Å². The molecular formula is C9H18N4O3. The Morgan fingerprint density at radius 2 is 1.94 bits per heavy atom. The van der Waals surface area contributed by atoms with Gasteiger partial charge in [0, 0.05) is 6.92 Å². The molecule has 1 aliphatic heterocycles. The van der Waals surface area contributed by atoms with Crippen molar-refractivity contribution < 1.29 is 14.4 Å². The first-order valence-electron chi connectivity index (χ1n) is 4.78. The maximum atomic E-state index is 11.2. The normalized spacial score (nSPS) is 17.2. The van der Waals surface area contributed by atoms with Crippen LogP contribution in [0.3, 0.4) is 0 Å². The van der Waals surface area contributed by atoms with Gasteiger partial charge < -0.3 is 21.7 Å². The van der Waals surface area contributed by atoms with Crippen molar-refractivity contribution in [3.63, 3.8) is 0 Å². The summed E-state index contributed by atoms with van der Waals surface area (Å²) in [7, 11) is 0. The molecule has 0 unspecified atom stereocenters. The largest absolute Gasteiger partial charge is 0.370 e. The van der Waals surface area contributed by atoms with Gasteiger partial charge in [0.15, 0.2) is 0 Å². The smallest absolute Gasteiger partial charge is 0.241 e. The second-order valence-electron chi connectivity index (χ2n) is 3.90. The van der Waals surface area contributed by atoms with Crippen LogP contribution in [-0.2, 0) is 14.4 Å². The Morgan fingerprint density at radius 1 is 1.50 bits per heavy atom. The summed E-state index contributed by atoms with van der Waals surface area (Å²) in [6.45, 7) is 4.90. The minimum absolute atomic E-state index is 0.0572. The van der Waals surface area contributed by atoms with Crippen molar-refractivity contribution in [1.29, 1.82) is 0 Å². The van der Waals surface area contributed by atoms with Gasteiger partial charge in [0.05, 0.1) is 6.54 Å². The standard InChI is InChI=1S/C7H13N3O2.C2H5NO/c1-7(2)9-5(11)4-10(7)6(12)3-8;1-2(3)4/h3-4,8H2,1-2H3,(H,9,11);1H3,(H2,3,4). The van der Waals surface area contributed by atoms with Crippen LogP contribution in [0, 0.1) is 0 Å². The lowest BCUT2D eigenvalue weighted by Gasteiger charge is -2.29. The van der Waals surface area contributed by atoms with E-state index < -0.39 is 5.66 Å². The molecule has 0 spiro atoms. The third-order valence-electron chi connectivity index (χ3n) is 1.90. The first kappa shape index (κ1) is 14.4. The fourth-order valence-corrected chi connectivity index (χ4v) is 1.30. The first-order chi connectivity index (χ1) is 7.20. The van der Waals surface area contributed by atoms with Gasteiger partial charge in [-0.1, -0.05) is 0 Å². The summed E-state index contributed by atoms with van der Waals surface area (Å²) in [4.78, 5) is 32.8. The highest BCUT2D eigenvalue weighted by atomic mass is 16.2.